The number of esters is 1. The summed E-state index contributed by atoms with van der Waals surface area (Å²) in [6, 6.07) is 5.82. The second-order valence-electron chi connectivity index (χ2n) is 5.42. The smallest absolute Gasteiger partial charge is 0.325 e. The minimum Gasteiger partial charge on any atom is -0.465 e. The molecule has 1 amide bonds. The molecule has 25 heavy (non-hydrogen) atoms. The molecule has 1 aliphatic rings. The number of halogens is 1. The first kappa shape index (κ1) is 18.2. The van der Waals surface area contributed by atoms with Crippen molar-refractivity contribution >= 4 is 73.1 Å². The van der Waals surface area contributed by atoms with Crippen molar-refractivity contribution in [3.8, 4) is 0 Å². The van der Waals surface area contributed by atoms with E-state index < -0.39 is 0 Å². The molecular weight excluding hydrogens is 424 g/mol. The molecule has 0 aliphatic carbocycles. The number of thiocarbonyl (C=S) groups is 1. The van der Waals surface area contributed by atoms with Crippen molar-refractivity contribution in [1.29, 1.82) is 0 Å². The Morgan fingerprint density at radius 3 is 2.84 bits per heavy atom. The molecule has 0 unspecified atom stereocenters. The van der Waals surface area contributed by atoms with Gasteiger partial charge in [0, 0.05) is 34.2 Å². The van der Waals surface area contributed by atoms with E-state index in [1.165, 1.54) is 16.7 Å². The van der Waals surface area contributed by atoms with Crippen LogP contribution in [-0.2, 0) is 20.9 Å². The number of thioether (sulfide) groups is 1. The standard InChI is InChI=1S/C17H15BrN2O3S2/c1-3-23-15(21)9-20-8-10(12-7-11(18)4-5-13(12)20)6-14-16(22)19(2)17(24)25-14/h4-8H,3,9H2,1-2H3/b14-6-. The van der Waals surface area contributed by atoms with Gasteiger partial charge in [-0.2, -0.15) is 0 Å². The molecule has 2 aromatic rings. The van der Waals surface area contributed by atoms with Gasteiger partial charge in [-0.3, -0.25) is 14.5 Å². The first-order valence-electron chi connectivity index (χ1n) is 7.56. The SMILES string of the molecule is CCOC(=O)Cn1cc(/C=C2\SC(=S)N(C)C2=O)c2cc(Br)ccc21. The summed E-state index contributed by atoms with van der Waals surface area (Å²) in [5, 5.41) is 0.944. The lowest BCUT2D eigenvalue weighted by molar-refractivity contribution is -0.143. The molecule has 0 N–H and O–H groups in total. The van der Waals surface area contributed by atoms with Gasteiger partial charge in [-0.05, 0) is 31.2 Å². The maximum atomic E-state index is 12.3. The molecule has 1 saturated heterocycles. The van der Waals surface area contributed by atoms with Gasteiger partial charge in [0.2, 0.25) is 0 Å². The number of nitrogens with zero attached hydrogens (tertiary/aromatic N) is 2. The highest BCUT2D eigenvalue weighted by molar-refractivity contribution is 9.10. The summed E-state index contributed by atoms with van der Waals surface area (Å²) in [6.45, 7) is 2.24. The maximum absolute atomic E-state index is 12.3. The second-order valence-corrected chi connectivity index (χ2v) is 8.01. The summed E-state index contributed by atoms with van der Waals surface area (Å²) < 4.78 is 8.33. The van der Waals surface area contributed by atoms with Crippen molar-refractivity contribution in [3.05, 3.63) is 39.3 Å². The van der Waals surface area contributed by atoms with Crippen LogP contribution in [0, 0.1) is 0 Å². The molecule has 1 aromatic carbocycles. The molecule has 0 atom stereocenters. The molecule has 1 aromatic heterocycles. The Morgan fingerprint density at radius 1 is 1.44 bits per heavy atom. The Hall–Kier alpha value is -1.64. The molecule has 5 nitrogen and oxygen atoms in total. The number of carbonyl (C=O) groups excluding carboxylic acids is 2. The number of hydrogen-bond acceptors (Lipinski definition) is 5. The van der Waals surface area contributed by atoms with Gasteiger partial charge >= 0.3 is 5.97 Å². The Kier molecular flexibility index (Phi) is 5.31. The number of ether oxygens (including phenoxy) is 1. The third-order valence-electron chi connectivity index (χ3n) is 3.75. The van der Waals surface area contributed by atoms with Gasteiger partial charge < -0.3 is 9.30 Å². The molecule has 3 rings (SSSR count). The maximum Gasteiger partial charge on any atom is 0.325 e. The fraction of sp³-hybridized carbons (Fsp3) is 0.235. The van der Waals surface area contributed by atoms with Crippen LogP contribution in [0.4, 0.5) is 0 Å². The zero-order chi connectivity index (χ0) is 18.1. The first-order chi connectivity index (χ1) is 11.9. The van der Waals surface area contributed by atoms with Crippen molar-refractivity contribution in [1.82, 2.24) is 9.47 Å². The average molecular weight is 439 g/mol. The van der Waals surface area contributed by atoms with Crippen LogP contribution in [0.25, 0.3) is 17.0 Å². The van der Waals surface area contributed by atoms with E-state index in [2.05, 4.69) is 15.9 Å². The fourth-order valence-corrected chi connectivity index (χ4v) is 4.11. The number of fused-ring (bicyclic) bond motifs is 1. The summed E-state index contributed by atoms with van der Waals surface area (Å²) in [5.74, 6) is -0.412. The third-order valence-corrected chi connectivity index (χ3v) is 5.73. The molecule has 1 aliphatic heterocycles. The van der Waals surface area contributed by atoms with Crippen molar-refractivity contribution in [3.63, 3.8) is 0 Å². The van der Waals surface area contributed by atoms with Crippen LogP contribution in [0.2, 0.25) is 0 Å². The molecule has 2 heterocycles. The van der Waals surface area contributed by atoms with Gasteiger partial charge in [-0.15, -0.1) is 0 Å². The highest BCUT2D eigenvalue weighted by atomic mass is 79.9. The third kappa shape index (κ3) is 3.65. The normalized spacial score (nSPS) is 16.3. The van der Waals surface area contributed by atoms with E-state index in [0.29, 0.717) is 15.8 Å². The van der Waals surface area contributed by atoms with Crippen molar-refractivity contribution < 1.29 is 14.3 Å². The Bertz CT molecular complexity index is 920. The van der Waals surface area contributed by atoms with Crippen LogP contribution < -0.4 is 0 Å². The van der Waals surface area contributed by atoms with E-state index in [9.17, 15) is 9.59 Å². The lowest BCUT2D eigenvalue weighted by Gasteiger charge is -2.04. The zero-order valence-corrected chi connectivity index (χ0v) is 16.8. The van der Waals surface area contributed by atoms with E-state index >= 15 is 0 Å². The van der Waals surface area contributed by atoms with Gasteiger partial charge in [0.05, 0.1) is 11.5 Å². The summed E-state index contributed by atoms with van der Waals surface area (Å²) in [4.78, 5) is 26.1. The first-order valence-corrected chi connectivity index (χ1v) is 9.58. The molecule has 0 radical (unpaired) electrons. The number of benzene rings is 1. The fourth-order valence-electron chi connectivity index (χ4n) is 2.58. The van der Waals surface area contributed by atoms with Crippen LogP contribution in [0.1, 0.15) is 12.5 Å². The van der Waals surface area contributed by atoms with Crippen LogP contribution in [0.5, 0.6) is 0 Å². The van der Waals surface area contributed by atoms with Crippen LogP contribution in [0.3, 0.4) is 0 Å². The van der Waals surface area contributed by atoms with Gasteiger partial charge in [0.25, 0.3) is 5.91 Å². The Balaban J connectivity index is 2.06. The molecule has 0 bridgehead atoms. The van der Waals surface area contributed by atoms with E-state index in [1.54, 1.807) is 14.0 Å². The Labute approximate surface area is 163 Å². The van der Waals surface area contributed by atoms with Crippen LogP contribution in [-0.4, -0.2) is 39.3 Å². The number of hydrogen-bond donors (Lipinski definition) is 0. The minimum atomic E-state index is -0.297. The van der Waals surface area contributed by atoms with Crippen molar-refractivity contribution in [2.24, 2.45) is 0 Å². The number of rotatable bonds is 4. The van der Waals surface area contributed by atoms with E-state index in [1.807, 2.05) is 35.0 Å². The zero-order valence-electron chi connectivity index (χ0n) is 13.6. The van der Waals surface area contributed by atoms with Gasteiger partial charge in [0.15, 0.2) is 0 Å². The summed E-state index contributed by atoms with van der Waals surface area (Å²) >= 11 is 9.92. The molecule has 0 saturated carbocycles. The molecule has 8 heteroatoms. The van der Waals surface area contributed by atoms with Crippen molar-refractivity contribution in [2.45, 2.75) is 13.5 Å². The number of likely N-dealkylation sites (N-methyl/N-ethyl adjacent to an activating group) is 1. The van der Waals surface area contributed by atoms with E-state index in [-0.39, 0.29) is 18.4 Å². The quantitative estimate of drug-likeness (QED) is 0.412. The predicted octanol–water partition coefficient (Wildman–Crippen LogP) is 3.80. The van der Waals surface area contributed by atoms with Crippen LogP contribution in [0.15, 0.2) is 33.8 Å². The van der Waals surface area contributed by atoms with E-state index in [4.69, 9.17) is 17.0 Å². The number of amides is 1. The summed E-state index contributed by atoms with van der Waals surface area (Å²) in [7, 11) is 1.67. The largest absolute Gasteiger partial charge is 0.465 e. The lowest BCUT2D eigenvalue weighted by Crippen LogP contribution is -2.22. The molecular formula is C17H15BrN2O3S2. The minimum absolute atomic E-state index is 0.115. The van der Waals surface area contributed by atoms with Crippen LogP contribution >= 0.6 is 39.9 Å². The Morgan fingerprint density at radius 2 is 2.20 bits per heavy atom. The average Bonchev–Trinajstić information content (AvgIpc) is 3.00. The van der Waals surface area contributed by atoms with E-state index in [0.717, 1.165) is 20.9 Å². The summed E-state index contributed by atoms with van der Waals surface area (Å²) in [6.07, 6.45) is 3.68. The highest BCUT2D eigenvalue weighted by Crippen LogP contribution is 2.34. The topological polar surface area (TPSA) is 51.5 Å². The molecule has 1 fully saturated rings. The monoisotopic (exact) mass is 438 g/mol. The highest BCUT2D eigenvalue weighted by Gasteiger charge is 2.29. The second kappa shape index (κ2) is 7.31. The number of aromatic nitrogens is 1. The number of carbonyl (C=O) groups is 2. The van der Waals surface area contributed by atoms with Gasteiger partial charge in [-0.1, -0.05) is 39.9 Å². The van der Waals surface area contributed by atoms with Crippen molar-refractivity contribution in [2.75, 3.05) is 13.7 Å². The molecule has 130 valence electrons. The molecule has 0 spiro atoms. The van der Waals surface area contributed by atoms with Gasteiger partial charge in [0.1, 0.15) is 10.9 Å². The summed E-state index contributed by atoms with van der Waals surface area (Å²) in [5.41, 5.74) is 1.75. The predicted molar refractivity (Wildman–Crippen MR) is 107 cm³/mol. The van der Waals surface area contributed by atoms with Gasteiger partial charge in [-0.25, -0.2) is 0 Å². The lowest BCUT2D eigenvalue weighted by atomic mass is 10.1.